The molecule has 3 rings (SSSR count). The van der Waals surface area contributed by atoms with Gasteiger partial charge in [-0.2, -0.15) is 0 Å². The van der Waals surface area contributed by atoms with Crippen LogP contribution in [0.4, 0.5) is 11.4 Å². The van der Waals surface area contributed by atoms with Gasteiger partial charge in [0.2, 0.25) is 5.91 Å². The number of rotatable bonds is 4. The van der Waals surface area contributed by atoms with Crippen molar-refractivity contribution in [1.29, 1.82) is 0 Å². The Morgan fingerprint density at radius 2 is 1.80 bits per heavy atom. The number of carbonyl (C=O) groups excluding carboxylic acids is 2. The Balaban J connectivity index is 1.69. The van der Waals surface area contributed by atoms with Crippen LogP contribution in [0, 0.1) is 0 Å². The molecular weight excluding hydrogens is 424 g/mol. The van der Waals surface area contributed by atoms with Crippen molar-refractivity contribution in [2.75, 3.05) is 43.5 Å². The van der Waals surface area contributed by atoms with Crippen LogP contribution in [0.15, 0.2) is 42.5 Å². The molecule has 2 aromatic carbocycles. The van der Waals surface area contributed by atoms with Crippen molar-refractivity contribution in [3.8, 4) is 5.75 Å². The summed E-state index contributed by atoms with van der Waals surface area (Å²) in [6.45, 7) is 4.36. The van der Waals surface area contributed by atoms with E-state index in [0.717, 1.165) is 24.5 Å². The highest BCUT2D eigenvalue weighted by Gasteiger charge is 2.21. The summed E-state index contributed by atoms with van der Waals surface area (Å²) in [7, 11) is 1.48. The number of carbonyl (C=O) groups is 2. The first-order valence-electron chi connectivity index (χ1n) is 9.44. The molecule has 0 unspecified atom stereocenters. The zero-order valence-electron chi connectivity index (χ0n) is 16.8. The van der Waals surface area contributed by atoms with Gasteiger partial charge in [-0.25, -0.2) is 0 Å². The van der Waals surface area contributed by atoms with Gasteiger partial charge >= 0.3 is 0 Å². The number of nitrogens with zero attached hydrogens (tertiary/aromatic N) is 2. The zero-order valence-corrected chi connectivity index (χ0v) is 18.3. The minimum absolute atomic E-state index is 0.0846. The standard InChI is InChI=1S/C21H23ClN4O3S/c1-14(27)25-9-11-26(12-10-25)18-6-4-3-5-17(18)23-21(30)24-20(28)16-13-15(22)7-8-19(16)29-2/h3-8,13H,9-12H2,1-2H3,(H2,23,24,28,30). The molecule has 1 heterocycles. The van der Waals surface area contributed by atoms with Crippen molar-refractivity contribution in [3.63, 3.8) is 0 Å². The van der Waals surface area contributed by atoms with E-state index in [2.05, 4.69) is 15.5 Å². The molecule has 9 heteroatoms. The summed E-state index contributed by atoms with van der Waals surface area (Å²) >= 11 is 11.4. The third kappa shape index (κ3) is 5.20. The predicted molar refractivity (Wildman–Crippen MR) is 123 cm³/mol. The highest BCUT2D eigenvalue weighted by Crippen LogP contribution is 2.27. The second-order valence-electron chi connectivity index (χ2n) is 6.76. The zero-order chi connectivity index (χ0) is 21.7. The summed E-state index contributed by atoms with van der Waals surface area (Å²) in [4.78, 5) is 28.2. The maximum absolute atomic E-state index is 12.6. The lowest BCUT2D eigenvalue weighted by atomic mass is 10.2. The van der Waals surface area contributed by atoms with Gasteiger partial charge in [-0.1, -0.05) is 23.7 Å². The molecule has 1 aliphatic rings. The number of hydrogen-bond donors (Lipinski definition) is 2. The molecule has 2 amide bonds. The summed E-state index contributed by atoms with van der Waals surface area (Å²) in [5, 5.41) is 6.36. The number of hydrogen-bond acceptors (Lipinski definition) is 5. The monoisotopic (exact) mass is 446 g/mol. The molecule has 0 aromatic heterocycles. The van der Waals surface area contributed by atoms with Gasteiger partial charge in [-0.15, -0.1) is 0 Å². The molecule has 0 saturated carbocycles. The molecular formula is C21H23ClN4O3S. The molecule has 158 valence electrons. The minimum atomic E-state index is -0.417. The average Bonchev–Trinajstić information content (AvgIpc) is 2.74. The Morgan fingerprint density at radius 1 is 1.10 bits per heavy atom. The van der Waals surface area contributed by atoms with E-state index in [-0.39, 0.29) is 11.0 Å². The van der Waals surface area contributed by atoms with E-state index in [4.69, 9.17) is 28.6 Å². The molecule has 0 spiro atoms. The predicted octanol–water partition coefficient (Wildman–Crippen LogP) is 3.14. The first-order valence-corrected chi connectivity index (χ1v) is 10.2. The summed E-state index contributed by atoms with van der Waals surface area (Å²) in [6.07, 6.45) is 0. The molecule has 1 saturated heterocycles. The second-order valence-corrected chi connectivity index (χ2v) is 7.61. The van der Waals surface area contributed by atoms with Gasteiger partial charge in [-0.05, 0) is 42.5 Å². The fraction of sp³-hybridized carbons (Fsp3) is 0.286. The van der Waals surface area contributed by atoms with Crippen LogP contribution < -0.4 is 20.3 Å². The van der Waals surface area contributed by atoms with Crippen LogP contribution in [0.1, 0.15) is 17.3 Å². The SMILES string of the molecule is COc1ccc(Cl)cc1C(=O)NC(=S)Nc1ccccc1N1CCN(C(C)=O)CC1. The van der Waals surface area contributed by atoms with E-state index in [1.54, 1.807) is 19.1 Å². The highest BCUT2D eigenvalue weighted by molar-refractivity contribution is 7.80. The highest BCUT2D eigenvalue weighted by atomic mass is 35.5. The first-order chi connectivity index (χ1) is 14.4. The van der Waals surface area contributed by atoms with Crippen molar-refractivity contribution in [1.82, 2.24) is 10.2 Å². The summed E-state index contributed by atoms with van der Waals surface area (Å²) in [5.41, 5.74) is 2.03. The van der Waals surface area contributed by atoms with E-state index in [1.807, 2.05) is 29.2 Å². The fourth-order valence-corrected chi connectivity index (χ4v) is 3.67. The lowest BCUT2D eigenvalue weighted by Crippen LogP contribution is -2.48. The molecule has 0 atom stereocenters. The van der Waals surface area contributed by atoms with Crippen LogP contribution in [0.2, 0.25) is 5.02 Å². The van der Waals surface area contributed by atoms with E-state index in [9.17, 15) is 9.59 Å². The number of benzene rings is 2. The number of ether oxygens (including phenoxy) is 1. The van der Waals surface area contributed by atoms with Crippen LogP contribution in [0.5, 0.6) is 5.75 Å². The molecule has 7 nitrogen and oxygen atoms in total. The number of methoxy groups -OCH3 is 1. The minimum Gasteiger partial charge on any atom is -0.496 e. The van der Waals surface area contributed by atoms with Gasteiger partial charge < -0.3 is 19.9 Å². The number of nitrogens with one attached hydrogen (secondary N) is 2. The van der Waals surface area contributed by atoms with Crippen molar-refractivity contribution >= 4 is 52.1 Å². The number of para-hydroxylation sites is 2. The van der Waals surface area contributed by atoms with Crippen LogP contribution in [-0.4, -0.2) is 55.1 Å². The average molecular weight is 447 g/mol. The van der Waals surface area contributed by atoms with Crippen LogP contribution in [-0.2, 0) is 4.79 Å². The van der Waals surface area contributed by atoms with Gasteiger partial charge in [0.1, 0.15) is 5.75 Å². The quantitative estimate of drug-likeness (QED) is 0.703. The van der Waals surface area contributed by atoms with Crippen molar-refractivity contribution in [2.24, 2.45) is 0 Å². The molecule has 0 bridgehead atoms. The topological polar surface area (TPSA) is 73.9 Å². The Kier molecular flexibility index (Phi) is 7.12. The Labute approximate surface area is 185 Å². The molecule has 2 N–H and O–H groups in total. The number of amides is 2. The Hall–Kier alpha value is -2.84. The Bertz CT molecular complexity index is 961. The summed E-state index contributed by atoms with van der Waals surface area (Å²) in [5.74, 6) is 0.0734. The molecule has 1 fully saturated rings. The van der Waals surface area contributed by atoms with Gasteiger partial charge in [0, 0.05) is 38.1 Å². The van der Waals surface area contributed by atoms with Gasteiger partial charge in [0.05, 0.1) is 24.0 Å². The van der Waals surface area contributed by atoms with Gasteiger partial charge in [0.15, 0.2) is 5.11 Å². The number of piperazine rings is 1. The normalized spacial score (nSPS) is 13.6. The fourth-order valence-electron chi connectivity index (χ4n) is 3.30. The molecule has 30 heavy (non-hydrogen) atoms. The van der Waals surface area contributed by atoms with Crippen molar-refractivity contribution in [2.45, 2.75) is 6.92 Å². The summed E-state index contributed by atoms with van der Waals surface area (Å²) in [6, 6.07) is 12.5. The third-order valence-electron chi connectivity index (χ3n) is 4.85. The lowest BCUT2D eigenvalue weighted by molar-refractivity contribution is -0.129. The van der Waals surface area contributed by atoms with Crippen LogP contribution in [0.25, 0.3) is 0 Å². The number of anilines is 2. The van der Waals surface area contributed by atoms with Crippen LogP contribution >= 0.6 is 23.8 Å². The van der Waals surface area contributed by atoms with E-state index in [1.165, 1.54) is 13.2 Å². The maximum atomic E-state index is 12.6. The van der Waals surface area contributed by atoms with Crippen molar-refractivity contribution in [3.05, 3.63) is 53.1 Å². The molecule has 1 aliphatic heterocycles. The maximum Gasteiger partial charge on any atom is 0.261 e. The largest absolute Gasteiger partial charge is 0.496 e. The third-order valence-corrected chi connectivity index (χ3v) is 5.29. The van der Waals surface area contributed by atoms with Gasteiger partial charge in [0.25, 0.3) is 5.91 Å². The first kappa shape index (κ1) is 21.9. The lowest BCUT2D eigenvalue weighted by Gasteiger charge is -2.36. The molecule has 0 radical (unpaired) electrons. The van der Waals surface area contributed by atoms with Gasteiger partial charge in [-0.3, -0.25) is 14.9 Å². The van der Waals surface area contributed by atoms with Crippen LogP contribution in [0.3, 0.4) is 0 Å². The molecule has 0 aliphatic carbocycles. The van der Waals surface area contributed by atoms with Crippen molar-refractivity contribution < 1.29 is 14.3 Å². The smallest absolute Gasteiger partial charge is 0.261 e. The van der Waals surface area contributed by atoms with E-state index >= 15 is 0 Å². The number of thiocarbonyl (C=S) groups is 1. The molecule has 2 aromatic rings. The second kappa shape index (κ2) is 9.77. The Morgan fingerprint density at radius 3 is 2.47 bits per heavy atom. The summed E-state index contributed by atoms with van der Waals surface area (Å²) < 4.78 is 5.23. The van der Waals surface area contributed by atoms with E-state index < -0.39 is 5.91 Å². The van der Waals surface area contributed by atoms with E-state index in [0.29, 0.717) is 29.4 Å². The number of halogens is 1.